The second-order valence-corrected chi connectivity index (χ2v) is 18.1. The zero-order chi connectivity index (χ0) is 35.0. The lowest BCUT2D eigenvalue weighted by Gasteiger charge is -2.53. The second-order valence-electron chi connectivity index (χ2n) is 18.1. The smallest absolute Gasteiger partial charge is 0.115 e. The van der Waals surface area contributed by atoms with Crippen molar-refractivity contribution in [2.75, 3.05) is 26.7 Å². The first-order chi connectivity index (χ1) is 23.8. The van der Waals surface area contributed by atoms with Gasteiger partial charge in [0.1, 0.15) is 5.75 Å². The summed E-state index contributed by atoms with van der Waals surface area (Å²) in [5.41, 5.74) is 2.43. The summed E-state index contributed by atoms with van der Waals surface area (Å²) in [7, 11) is 2.56. The maximum absolute atomic E-state index is 12.5. The molecule has 0 bridgehead atoms. The van der Waals surface area contributed by atoms with Crippen LogP contribution in [0.1, 0.15) is 211 Å². The molecule has 0 saturated heterocycles. The number of aryl methyl sites for hydroxylation is 1. The minimum absolute atomic E-state index is 0. The van der Waals surface area contributed by atoms with Crippen molar-refractivity contribution >= 4 is 0 Å². The van der Waals surface area contributed by atoms with E-state index in [9.17, 15) is 10.2 Å². The van der Waals surface area contributed by atoms with Gasteiger partial charge in [0.2, 0.25) is 0 Å². The third kappa shape index (κ3) is 12.4. The van der Waals surface area contributed by atoms with Gasteiger partial charge in [-0.3, -0.25) is 0 Å². The molecule has 290 valence electrons. The number of aromatic hydroxyl groups is 1. The molecule has 1 aromatic rings. The van der Waals surface area contributed by atoms with Gasteiger partial charge in [-0.2, -0.15) is 0 Å². The largest absolute Gasteiger partial charge is 1.00 e. The molecule has 0 amide bonds. The fourth-order valence-corrected chi connectivity index (χ4v) is 11.1. The number of nitrogens with zero attached hydrogens (tertiary/aromatic N) is 1. The first-order valence-electron chi connectivity index (χ1n) is 22.1. The normalized spacial score (nSPS) is 25.9. The lowest BCUT2D eigenvalue weighted by Crippen LogP contribution is -3.00. The highest BCUT2D eigenvalue weighted by Crippen LogP contribution is 2.65. The van der Waals surface area contributed by atoms with Crippen LogP contribution in [0.15, 0.2) is 18.2 Å². The van der Waals surface area contributed by atoms with Crippen LogP contribution in [-0.2, 0) is 6.42 Å². The number of unbranched alkanes of at least 4 members (excludes halogenated alkanes) is 18. The molecular formula is C46H82ClNO2. The summed E-state index contributed by atoms with van der Waals surface area (Å²) in [5.74, 6) is 2.36. The molecule has 3 aliphatic carbocycles. The van der Waals surface area contributed by atoms with E-state index in [0.717, 1.165) is 25.7 Å². The minimum atomic E-state index is -0.503. The Morgan fingerprint density at radius 2 is 1.16 bits per heavy atom. The van der Waals surface area contributed by atoms with Crippen LogP contribution in [0.3, 0.4) is 0 Å². The highest BCUT2D eigenvalue weighted by molar-refractivity contribution is 5.40. The van der Waals surface area contributed by atoms with Gasteiger partial charge in [0.05, 0.1) is 32.3 Å². The van der Waals surface area contributed by atoms with E-state index in [-0.39, 0.29) is 17.8 Å². The number of hydrogen-bond donors (Lipinski definition) is 2. The summed E-state index contributed by atoms with van der Waals surface area (Å²) < 4.78 is 1.22. The molecule has 3 aliphatic rings. The Kier molecular flexibility index (Phi) is 19.6. The number of phenolic OH excluding ortho intramolecular Hbond substituents is 1. The van der Waals surface area contributed by atoms with Crippen LogP contribution in [0.25, 0.3) is 0 Å². The average Bonchev–Trinajstić information content (AvgIpc) is 3.36. The molecule has 4 heteroatoms. The highest BCUT2D eigenvalue weighted by atomic mass is 35.5. The lowest BCUT2D eigenvalue weighted by molar-refractivity contribution is -0.910. The molecule has 2 saturated carbocycles. The van der Waals surface area contributed by atoms with Gasteiger partial charge in [-0.05, 0) is 123 Å². The quantitative estimate of drug-likeness (QED) is 0.0741. The second kappa shape index (κ2) is 22.4. The summed E-state index contributed by atoms with van der Waals surface area (Å²) in [6, 6.07) is 6.14. The maximum atomic E-state index is 12.5. The van der Waals surface area contributed by atoms with E-state index in [4.69, 9.17) is 0 Å². The van der Waals surface area contributed by atoms with Crippen molar-refractivity contribution < 1.29 is 27.1 Å². The average molecular weight is 717 g/mol. The SMILES string of the molecule is CCCCCCCCCCCC[N+](C)(CCCCCCCCCCCC)CCC[C@]1(O)CC[C@H]2[C@@H]3CCc4cc(O)ccc4[C@H]3CC[C@@]21C.[Cl-]. The van der Waals surface area contributed by atoms with E-state index in [2.05, 4.69) is 33.9 Å². The molecule has 0 unspecified atom stereocenters. The Morgan fingerprint density at radius 3 is 1.70 bits per heavy atom. The number of benzene rings is 1. The predicted molar refractivity (Wildman–Crippen MR) is 211 cm³/mol. The van der Waals surface area contributed by atoms with Crippen molar-refractivity contribution in [1.29, 1.82) is 0 Å². The first-order valence-corrected chi connectivity index (χ1v) is 22.1. The van der Waals surface area contributed by atoms with Crippen LogP contribution in [0.4, 0.5) is 0 Å². The Bertz CT molecular complexity index is 1040. The van der Waals surface area contributed by atoms with E-state index in [1.807, 2.05) is 12.1 Å². The van der Waals surface area contributed by atoms with E-state index < -0.39 is 5.60 Å². The van der Waals surface area contributed by atoms with Gasteiger partial charge in [0, 0.05) is 0 Å². The summed E-state index contributed by atoms with van der Waals surface area (Å²) in [6.07, 6.45) is 37.3. The van der Waals surface area contributed by atoms with Crippen LogP contribution < -0.4 is 12.4 Å². The monoisotopic (exact) mass is 716 g/mol. The lowest BCUT2D eigenvalue weighted by atomic mass is 9.53. The molecule has 0 radical (unpaired) electrons. The zero-order valence-corrected chi connectivity index (χ0v) is 34.4. The molecule has 2 N–H and O–H groups in total. The highest BCUT2D eigenvalue weighted by Gasteiger charge is 2.61. The molecule has 5 atom stereocenters. The molecule has 0 spiro atoms. The van der Waals surface area contributed by atoms with Gasteiger partial charge >= 0.3 is 0 Å². The Morgan fingerprint density at radius 1 is 0.660 bits per heavy atom. The standard InChI is InChI=1S/C46H81NO2.ClH/c1-5-7-9-11-13-15-17-19-21-23-35-47(4,36-24-22-20-18-16-14-12-10-8-6-2)37-25-32-46(49)34-31-44-43-28-26-39-38-40(48)27-29-41(39)42(43)30-33-45(44,46)3;/h27,29,38,42-44,49H,5-26,28,30-37H2,1-4H3;1H/t42-,43-,44+,45+,46+;/m1./s1. The Balaban J connectivity index is 0.00000676. The number of phenols is 1. The molecule has 3 nitrogen and oxygen atoms in total. The van der Waals surface area contributed by atoms with Crippen molar-refractivity contribution in [2.45, 2.75) is 212 Å². The zero-order valence-electron chi connectivity index (χ0n) is 33.6. The van der Waals surface area contributed by atoms with Crippen LogP contribution in [-0.4, -0.2) is 47.0 Å². The van der Waals surface area contributed by atoms with Crippen molar-refractivity contribution in [3.63, 3.8) is 0 Å². The Hall–Kier alpha value is -0.770. The van der Waals surface area contributed by atoms with Crippen LogP contribution in [0.2, 0.25) is 0 Å². The first kappa shape index (κ1) is 43.6. The number of fused-ring (bicyclic) bond motifs is 5. The van der Waals surface area contributed by atoms with Gasteiger partial charge < -0.3 is 27.1 Å². The van der Waals surface area contributed by atoms with Crippen molar-refractivity contribution in [3.8, 4) is 5.75 Å². The summed E-state index contributed by atoms with van der Waals surface area (Å²) in [4.78, 5) is 0. The van der Waals surface area contributed by atoms with Gasteiger partial charge in [-0.15, -0.1) is 0 Å². The molecule has 0 heterocycles. The molecular weight excluding hydrogens is 634 g/mol. The predicted octanol–water partition coefficient (Wildman–Crippen LogP) is 10.1. The summed E-state index contributed by atoms with van der Waals surface area (Å²) in [5, 5.41) is 22.5. The molecule has 2 fully saturated rings. The van der Waals surface area contributed by atoms with E-state index in [1.165, 1.54) is 189 Å². The molecule has 4 rings (SSSR count). The van der Waals surface area contributed by atoms with Crippen LogP contribution >= 0.6 is 0 Å². The van der Waals surface area contributed by atoms with Crippen LogP contribution in [0, 0.1) is 17.3 Å². The number of quaternary nitrogens is 1. The van der Waals surface area contributed by atoms with Gasteiger partial charge in [-0.1, -0.05) is 130 Å². The Labute approximate surface area is 317 Å². The van der Waals surface area contributed by atoms with Gasteiger partial charge in [-0.25, -0.2) is 0 Å². The van der Waals surface area contributed by atoms with Crippen molar-refractivity contribution in [2.24, 2.45) is 17.3 Å². The van der Waals surface area contributed by atoms with E-state index in [0.29, 0.717) is 23.5 Å². The number of hydrogen-bond acceptors (Lipinski definition) is 2. The van der Waals surface area contributed by atoms with Gasteiger partial charge in [0.25, 0.3) is 0 Å². The fraction of sp³-hybridized carbons (Fsp3) is 0.870. The number of halogens is 1. The number of rotatable bonds is 26. The molecule has 1 aromatic carbocycles. The third-order valence-electron chi connectivity index (χ3n) is 14.4. The van der Waals surface area contributed by atoms with E-state index >= 15 is 0 Å². The molecule has 0 aromatic heterocycles. The summed E-state index contributed by atoms with van der Waals surface area (Å²) in [6.45, 7) is 11.0. The third-order valence-corrected chi connectivity index (χ3v) is 14.4. The fourth-order valence-electron chi connectivity index (χ4n) is 11.1. The number of aliphatic hydroxyl groups is 1. The topological polar surface area (TPSA) is 40.5 Å². The van der Waals surface area contributed by atoms with Crippen molar-refractivity contribution in [3.05, 3.63) is 29.3 Å². The molecule has 0 aliphatic heterocycles. The van der Waals surface area contributed by atoms with E-state index in [1.54, 1.807) is 0 Å². The van der Waals surface area contributed by atoms with Gasteiger partial charge in [0.15, 0.2) is 0 Å². The maximum Gasteiger partial charge on any atom is 0.115 e. The summed E-state index contributed by atoms with van der Waals surface area (Å²) >= 11 is 0. The van der Waals surface area contributed by atoms with Crippen molar-refractivity contribution in [1.82, 2.24) is 0 Å². The molecule has 50 heavy (non-hydrogen) atoms. The van der Waals surface area contributed by atoms with Crippen LogP contribution in [0.5, 0.6) is 5.75 Å². The minimum Gasteiger partial charge on any atom is -1.00 e.